The van der Waals surface area contributed by atoms with Gasteiger partial charge >= 0.3 is 5.97 Å². The summed E-state index contributed by atoms with van der Waals surface area (Å²) in [5.41, 5.74) is 0.637. The highest BCUT2D eigenvalue weighted by Crippen LogP contribution is 2.33. The van der Waals surface area contributed by atoms with Crippen molar-refractivity contribution in [2.45, 2.75) is 25.8 Å². The maximum Gasteiger partial charge on any atom is 0.309 e. The fourth-order valence-electron chi connectivity index (χ4n) is 1.29. The van der Waals surface area contributed by atoms with Gasteiger partial charge in [-0.2, -0.15) is 0 Å². The SMILES string of the molecule is CC1CC1Nc1nc(CC(=O)O)cs1. The van der Waals surface area contributed by atoms with Crippen LogP contribution in [0.1, 0.15) is 19.0 Å². The van der Waals surface area contributed by atoms with E-state index in [-0.39, 0.29) is 6.42 Å². The molecule has 1 aliphatic carbocycles. The third kappa shape index (κ3) is 2.23. The molecule has 0 aromatic carbocycles. The highest BCUT2D eigenvalue weighted by Gasteiger charge is 2.32. The molecule has 1 saturated carbocycles. The molecule has 0 radical (unpaired) electrons. The molecular formula is C9H12N2O2S. The third-order valence-electron chi connectivity index (χ3n) is 2.30. The Hall–Kier alpha value is -1.10. The van der Waals surface area contributed by atoms with Crippen LogP contribution in [0.3, 0.4) is 0 Å². The molecule has 1 aromatic heterocycles. The van der Waals surface area contributed by atoms with E-state index in [9.17, 15) is 4.79 Å². The molecular weight excluding hydrogens is 200 g/mol. The first-order chi connectivity index (χ1) is 6.65. The number of nitrogens with one attached hydrogen (secondary N) is 1. The average Bonchev–Trinajstić information content (AvgIpc) is 2.60. The van der Waals surface area contributed by atoms with Gasteiger partial charge in [0.25, 0.3) is 0 Å². The number of hydrogen-bond acceptors (Lipinski definition) is 4. The second-order valence-corrected chi connectivity index (χ2v) is 4.54. The van der Waals surface area contributed by atoms with Gasteiger partial charge in [0, 0.05) is 11.4 Å². The van der Waals surface area contributed by atoms with Crippen LogP contribution in [-0.2, 0) is 11.2 Å². The molecule has 1 heterocycles. The Bertz CT molecular complexity index is 350. The number of nitrogens with zero attached hydrogens (tertiary/aromatic N) is 1. The number of carboxylic acids is 1. The molecule has 5 heteroatoms. The number of aromatic nitrogens is 1. The van der Waals surface area contributed by atoms with E-state index < -0.39 is 5.97 Å². The van der Waals surface area contributed by atoms with Gasteiger partial charge in [-0.05, 0) is 12.3 Å². The topological polar surface area (TPSA) is 62.2 Å². The summed E-state index contributed by atoms with van der Waals surface area (Å²) >= 11 is 1.48. The highest BCUT2D eigenvalue weighted by molar-refractivity contribution is 7.13. The van der Waals surface area contributed by atoms with Gasteiger partial charge in [-0.1, -0.05) is 6.92 Å². The van der Waals surface area contributed by atoms with Gasteiger partial charge in [-0.25, -0.2) is 4.98 Å². The molecule has 2 unspecified atom stereocenters. The van der Waals surface area contributed by atoms with Gasteiger partial charge in [0.1, 0.15) is 0 Å². The van der Waals surface area contributed by atoms with Gasteiger partial charge in [-0.3, -0.25) is 4.79 Å². The Morgan fingerprint density at radius 1 is 1.86 bits per heavy atom. The minimum Gasteiger partial charge on any atom is -0.481 e. The first kappa shape index (κ1) is 9.45. The summed E-state index contributed by atoms with van der Waals surface area (Å²) in [5, 5.41) is 14.5. The van der Waals surface area contributed by atoms with Crippen molar-refractivity contribution in [3.63, 3.8) is 0 Å². The number of aliphatic carboxylic acids is 1. The lowest BCUT2D eigenvalue weighted by Crippen LogP contribution is -2.04. The summed E-state index contributed by atoms with van der Waals surface area (Å²) in [6, 6.07) is 0.541. The van der Waals surface area contributed by atoms with E-state index in [1.165, 1.54) is 17.8 Å². The van der Waals surface area contributed by atoms with E-state index in [4.69, 9.17) is 5.11 Å². The van der Waals surface area contributed by atoms with Gasteiger partial charge in [0.15, 0.2) is 5.13 Å². The zero-order valence-corrected chi connectivity index (χ0v) is 8.67. The molecule has 0 amide bonds. The van der Waals surface area contributed by atoms with Crippen LogP contribution in [0.4, 0.5) is 5.13 Å². The van der Waals surface area contributed by atoms with Crippen LogP contribution >= 0.6 is 11.3 Å². The number of carbonyl (C=O) groups is 1. The second-order valence-electron chi connectivity index (χ2n) is 3.68. The molecule has 1 aromatic rings. The summed E-state index contributed by atoms with van der Waals surface area (Å²) in [6.45, 7) is 2.18. The Morgan fingerprint density at radius 3 is 3.14 bits per heavy atom. The smallest absolute Gasteiger partial charge is 0.309 e. The van der Waals surface area contributed by atoms with Crippen molar-refractivity contribution in [2.75, 3.05) is 5.32 Å². The van der Waals surface area contributed by atoms with Crippen molar-refractivity contribution in [3.05, 3.63) is 11.1 Å². The molecule has 0 saturated heterocycles. The Morgan fingerprint density at radius 2 is 2.57 bits per heavy atom. The molecule has 0 aliphatic heterocycles. The molecule has 76 valence electrons. The third-order valence-corrected chi connectivity index (χ3v) is 3.12. The van der Waals surface area contributed by atoms with Crippen molar-refractivity contribution in [1.82, 2.24) is 4.98 Å². The predicted molar refractivity (Wildman–Crippen MR) is 54.6 cm³/mol. The zero-order chi connectivity index (χ0) is 10.1. The van der Waals surface area contributed by atoms with Crippen molar-refractivity contribution >= 4 is 22.4 Å². The number of hydrogen-bond donors (Lipinski definition) is 2. The maximum absolute atomic E-state index is 10.4. The Balaban J connectivity index is 1.92. The molecule has 1 fully saturated rings. The molecule has 2 atom stereocenters. The summed E-state index contributed by atoms with van der Waals surface area (Å²) in [7, 11) is 0. The lowest BCUT2D eigenvalue weighted by atomic mass is 10.3. The van der Waals surface area contributed by atoms with Gasteiger partial charge in [0.2, 0.25) is 0 Å². The summed E-state index contributed by atoms with van der Waals surface area (Å²) in [6.07, 6.45) is 1.20. The molecule has 0 bridgehead atoms. The van der Waals surface area contributed by atoms with E-state index in [0.29, 0.717) is 11.7 Å². The van der Waals surface area contributed by atoms with Crippen molar-refractivity contribution < 1.29 is 9.90 Å². The molecule has 0 spiro atoms. The fourth-order valence-corrected chi connectivity index (χ4v) is 2.06. The molecule has 2 N–H and O–H groups in total. The van der Waals surface area contributed by atoms with E-state index in [1.54, 1.807) is 5.38 Å². The summed E-state index contributed by atoms with van der Waals surface area (Å²) in [4.78, 5) is 14.6. The summed E-state index contributed by atoms with van der Waals surface area (Å²) in [5.74, 6) is -0.108. The van der Waals surface area contributed by atoms with Crippen LogP contribution in [0.5, 0.6) is 0 Å². The lowest BCUT2D eigenvalue weighted by molar-refractivity contribution is -0.136. The molecule has 1 aliphatic rings. The Labute approximate surface area is 86.0 Å². The van der Waals surface area contributed by atoms with Crippen molar-refractivity contribution in [2.24, 2.45) is 5.92 Å². The van der Waals surface area contributed by atoms with E-state index in [2.05, 4.69) is 17.2 Å². The number of carboxylic acid groups (broad SMARTS) is 1. The highest BCUT2D eigenvalue weighted by atomic mass is 32.1. The van der Waals surface area contributed by atoms with Crippen molar-refractivity contribution in [3.8, 4) is 0 Å². The van der Waals surface area contributed by atoms with Crippen LogP contribution in [0.25, 0.3) is 0 Å². The Kier molecular flexibility index (Phi) is 2.41. The molecule has 14 heavy (non-hydrogen) atoms. The largest absolute Gasteiger partial charge is 0.481 e. The monoisotopic (exact) mass is 212 g/mol. The predicted octanol–water partition coefficient (Wildman–Crippen LogP) is 1.59. The number of rotatable bonds is 4. The number of thiazole rings is 1. The fraction of sp³-hybridized carbons (Fsp3) is 0.556. The second kappa shape index (κ2) is 3.57. The van der Waals surface area contributed by atoms with Gasteiger partial charge in [-0.15, -0.1) is 11.3 Å². The number of anilines is 1. The first-order valence-electron chi connectivity index (χ1n) is 4.58. The first-order valence-corrected chi connectivity index (χ1v) is 5.46. The zero-order valence-electron chi connectivity index (χ0n) is 7.86. The van der Waals surface area contributed by atoms with Crippen LogP contribution in [0.15, 0.2) is 5.38 Å². The lowest BCUT2D eigenvalue weighted by Gasteiger charge is -1.97. The average molecular weight is 212 g/mol. The van der Waals surface area contributed by atoms with E-state index in [0.717, 1.165) is 11.0 Å². The standard InChI is InChI=1S/C9H12N2O2S/c1-5-2-7(5)11-9-10-6(4-14-9)3-8(12)13/h4-5,7H,2-3H2,1H3,(H,10,11)(H,12,13). The van der Waals surface area contributed by atoms with E-state index >= 15 is 0 Å². The molecule has 4 nitrogen and oxygen atoms in total. The van der Waals surface area contributed by atoms with Crippen LogP contribution < -0.4 is 5.32 Å². The van der Waals surface area contributed by atoms with E-state index in [1.807, 2.05) is 0 Å². The van der Waals surface area contributed by atoms with Crippen LogP contribution in [-0.4, -0.2) is 22.1 Å². The molecule has 2 rings (SSSR count). The summed E-state index contributed by atoms with van der Waals surface area (Å²) < 4.78 is 0. The minimum atomic E-state index is -0.832. The minimum absolute atomic E-state index is 0.0123. The quantitative estimate of drug-likeness (QED) is 0.795. The van der Waals surface area contributed by atoms with Crippen molar-refractivity contribution in [1.29, 1.82) is 0 Å². The maximum atomic E-state index is 10.4. The van der Waals surface area contributed by atoms with Gasteiger partial charge in [0.05, 0.1) is 12.1 Å². The van der Waals surface area contributed by atoms with Gasteiger partial charge < -0.3 is 10.4 Å². The van der Waals surface area contributed by atoms with Crippen LogP contribution in [0, 0.1) is 5.92 Å². The van der Waals surface area contributed by atoms with Crippen LogP contribution in [0.2, 0.25) is 0 Å². The normalized spacial score (nSPS) is 24.6.